The number of hydrogen-bond donors (Lipinski definition) is 2. The van der Waals surface area contributed by atoms with Crippen molar-refractivity contribution in [3.63, 3.8) is 0 Å². The van der Waals surface area contributed by atoms with E-state index in [-0.39, 0.29) is 0 Å². The quantitative estimate of drug-likeness (QED) is 0.353. The van der Waals surface area contributed by atoms with Gasteiger partial charge in [0, 0.05) is 46.9 Å². The standard InChI is InChI=1S/C29H30N4O4/c1-3-33-25-13-9-8-12-22(25)23-16-19(14-15-26(23)33)27(37-21-10-6-5-7-11-21)29(35)31-28(34)24-17-20(18-30-24)32-36-4-2/h5-16,24,27,30H,3-4,17-18H2,1-2H3,(H,31,34,35)/b32-20+/t24-,27?/m0/s1. The molecule has 5 rings (SSSR count). The van der Waals surface area contributed by atoms with Crippen LogP contribution in [0.5, 0.6) is 5.75 Å². The lowest BCUT2D eigenvalue weighted by molar-refractivity contribution is -0.135. The average molecular weight is 499 g/mol. The van der Waals surface area contributed by atoms with E-state index in [0.717, 1.165) is 34.1 Å². The molecule has 1 saturated heterocycles. The first-order valence-corrected chi connectivity index (χ1v) is 12.6. The molecule has 0 bridgehead atoms. The predicted molar refractivity (Wildman–Crippen MR) is 144 cm³/mol. The van der Waals surface area contributed by atoms with Crippen molar-refractivity contribution in [2.24, 2.45) is 5.16 Å². The number of aromatic nitrogens is 1. The molecule has 0 saturated carbocycles. The monoisotopic (exact) mass is 498 g/mol. The first-order valence-electron chi connectivity index (χ1n) is 12.6. The third kappa shape index (κ3) is 5.06. The molecule has 1 unspecified atom stereocenters. The third-order valence-electron chi connectivity index (χ3n) is 6.53. The van der Waals surface area contributed by atoms with Gasteiger partial charge in [0.05, 0.1) is 11.8 Å². The van der Waals surface area contributed by atoms with E-state index in [2.05, 4.69) is 39.4 Å². The van der Waals surface area contributed by atoms with E-state index in [1.54, 1.807) is 12.1 Å². The van der Waals surface area contributed by atoms with Gasteiger partial charge in [-0.25, -0.2) is 0 Å². The van der Waals surface area contributed by atoms with E-state index in [0.29, 0.717) is 30.9 Å². The van der Waals surface area contributed by atoms with Gasteiger partial charge in [-0.15, -0.1) is 0 Å². The molecule has 2 amide bonds. The van der Waals surface area contributed by atoms with Gasteiger partial charge in [-0.3, -0.25) is 14.9 Å². The van der Waals surface area contributed by atoms with Crippen molar-refractivity contribution in [2.45, 2.75) is 39.0 Å². The molecule has 3 aromatic carbocycles. The molecule has 1 aliphatic rings. The van der Waals surface area contributed by atoms with E-state index in [1.165, 1.54) is 0 Å². The van der Waals surface area contributed by atoms with Crippen LogP contribution in [0.25, 0.3) is 21.8 Å². The topological polar surface area (TPSA) is 93.9 Å². The van der Waals surface area contributed by atoms with Gasteiger partial charge in [0.2, 0.25) is 12.0 Å². The Balaban J connectivity index is 1.46. The zero-order valence-electron chi connectivity index (χ0n) is 20.9. The van der Waals surface area contributed by atoms with Crippen molar-refractivity contribution in [1.82, 2.24) is 15.2 Å². The van der Waals surface area contributed by atoms with E-state index < -0.39 is 24.0 Å². The minimum absolute atomic E-state index is 0.381. The summed E-state index contributed by atoms with van der Waals surface area (Å²) in [5.41, 5.74) is 3.62. The van der Waals surface area contributed by atoms with E-state index in [1.807, 2.05) is 55.5 Å². The Morgan fingerprint density at radius 2 is 1.78 bits per heavy atom. The Bertz CT molecular complexity index is 1460. The molecule has 2 heterocycles. The van der Waals surface area contributed by atoms with Crippen LogP contribution in [0.15, 0.2) is 78.0 Å². The molecule has 0 radical (unpaired) electrons. The summed E-state index contributed by atoms with van der Waals surface area (Å²) in [5, 5.41) is 11.8. The maximum atomic E-state index is 13.5. The maximum Gasteiger partial charge on any atom is 0.272 e. The smallest absolute Gasteiger partial charge is 0.272 e. The van der Waals surface area contributed by atoms with E-state index >= 15 is 0 Å². The van der Waals surface area contributed by atoms with Gasteiger partial charge in [0.1, 0.15) is 12.4 Å². The molecule has 1 aromatic heterocycles. The number of benzene rings is 3. The van der Waals surface area contributed by atoms with Gasteiger partial charge in [0.25, 0.3) is 5.91 Å². The second-order valence-corrected chi connectivity index (χ2v) is 8.92. The van der Waals surface area contributed by atoms with Crippen LogP contribution in [-0.4, -0.2) is 41.3 Å². The Kier molecular flexibility index (Phi) is 7.18. The fourth-order valence-corrected chi connectivity index (χ4v) is 4.79. The summed E-state index contributed by atoms with van der Waals surface area (Å²) in [4.78, 5) is 31.5. The third-order valence-corrected chi connectivity index (χ3v) is 6.53. The van der Waals surface area contributed by atoms with Gasteiger partial charge >= 0.3 is 0 Å². The fourth-order valence-electron chi connectivity index (χ4n) is 4.79. The predicted octanol–water partition coefficient (Wildman–Crippen LogP) is 4.33. The van der Waals surface area contributed by atoms with Crippen LogP contribution in [0.3, 0.4) is 0 Å². The van der Waals surface area contributed by atoms with Crippen molar-refractivity contribution < 1.29 is 19.2 Å². The summed E-state index contributed by atoms with van der Waals surface area (Å²) in [5.74, 6) is -0.405. The number of oxime groups is 1. The highest BCUT2D eigenvalue weighted by atomic mass is 16.6. The van der Waals surface area contributed by atoms with Gasteiger partial charge in [-0.1, -0.05) is 47.6 Å². The molecule has 4 aromatic rings. The van der Waals surface area contributed by atoms with Crippen LogP contribution >= 0.6 is 0 Å². The summed E-state index contributed by atoms with van der Waals surface area (Å²) >= 11 is 0. The lowest BCUT2D eigenvalue weighted by Gasteiger charge is -2.20. The summed E-state index contributed by atoms with van der Waals surface area (Å²) < 4.78 is 8.41. The number of hydrogen-bond acceptors (Lipinski definition) is 6. The number of carbonyl (C=O) groups is 2. The highest BCUT2D eigenvalue weighted by molar-refractivity contribution is 6.09. The molecule has 8 heteroatoms. The minimum atomic E-state index is -1.02. The number of imide groups is 1. The van der Waals surface area contributed by atoms with Crippen molar-refractivity contribution in [3.8, 4) is 5.75 Å². The molecular weight excluding hydrogens is 468 g/mol. The average Bonchev–Trinajstić information content (AvgIpc) is 3.53. The number of nitrogens with zero attached hydrogens (tertiary/aromatic N) is 2. The number of carbonyl (C=O) groups excluding carboxylic acids is 2. The summed E-state index contributed by atoms with van der Waals surface area (Å²) in [6, 6.07) is 22.7. The van der Waals surface area contributed by atoms with Crippen molar-refractivity contribution in [2.75, 3.05) is 13.2 Å². The molecule has 1 aliphatic heterocycles. The molecule has 37 heavy (non-hydrogen) atoms. The fraction of sp³-hybridized carbons (Fsp3) is 0.276. The summed E-state index contributed by atoms with van der Waals surface area (Å²) in [7, 11) is 0. The largest absolute Gasteiger partial charge is 0.476 e. The van der Waals surface area contributed by atoms with Crippen molar-refractivity contribution >= 4 is 39.3 Å². The number of amides is 2. The zero-order chi connectivity index (χ0) is 25.8. The van der Waals surface area contributed by atoms with Crippen LogP contribution in [0.1, 0.15) is 31.9 Å². The number of nitrogens with one attached hydrogen (secondary N) is 2. The number of aryl methyl sites for hydroxylation is 1. The Labute approximate surface area is 215 Å². The first kappa shape index (κ1) is 24.5. The number of fused-ring (bicyclic) bond motifs is 3. The van der Waals surface area contributed by atoms with Gasteiger partial charge in [0.15, 0.2) is 0 Å². The molecule has 2 atom stereocenters. The molecule has 8 nitrogen and oxygen atoms in total. The molecule has 190 valence electrons. The van der Waals surface area contributed by atoms with Crippen molar-refractivity contribution in [1.29, 1.82) is 0 Å². The Morgan fingerprint density at radius 3 is 2.57 bits per heavy atom. The van der Waals surface area contributed by atoms with Crippen LogP contribution in [0.2, 0.25) is 0 Å². The minimum Gasteiger partial charge on any atom is -0.476 e. The molecule has 1 fully saturated rings. The van der Waals surface area contributed by atoms with E-state index in [9.17, 15) is 9.59 Å². The van der Waals surface area contributed by atoms with E-state index in [4.69, 9.17) is 9.57 Å². The number of rotatable bonds is 8. The van der Waals surface area contributed by atoms with Crippen LogP contribution < -0.4 is 15.4 Å². The maximum absolute atomic E-state index is 13.5. The van der Waals surface area contributed by atoms with Gasteiger partial charge in [-0.05, 0) is 44.2 Å². The van der Waals surface area contributed by atoms with Gasteiger partial charge in [-0.2, -0.15) is 0 Å². The lowest BCUT2D eigenvalue weighted by Crippen LogP contribution is -2.45. The lowest BCUT2D eigenvalue weighted by atomic mass is 10.0. The zero-order valence-corrected chi connectivity index (χ0v) is 20.9. The second kappa shape index (κ2) is 10.8. The summed E-state index contributed by atoms with van der Waals surface area (Å²) in [6.07, 6.45) is -0.635. The normalized spacial score (nSPS) is 17.2. The summed E-state index contributed by atoms with van der Waals surface area (Å²) in [6.45, 7) is 5.68. The highest BCUT2D eigenvalue weighted by Crippen LogP contribution is 2.32. The SMILES string of the molecule is CCO/N=C1/CN[C@H](C(=O)NC(=O)C(Oc2ccccc2)c2ccc3c(c2)c2ccccc2n3CC)C1. The van der Waals surface area contributed by atoms with Crippen LogP contribution in [0, 0.1) is 0 Å². The number of para-hydroxylation sites is 2. The molecular formula is C29H30N4O4. The van der Waals surface area contributed by atoms with Gasteiger partial charge < -0.3 is 19.5 Å². The van der Waals surface area contributed by atoms with Crippen molar-refractivity contribution in [3.05, 3.63) is 78.4 Å². The second-order valence-electron chi connectivity index (χ2n) is 8.92. The highest BCUT2D eigenvalue weighted by Gasteiger charge is 2.31. The van der Waals surface area contributed by atoms with Crippen LogP contribution in [0.4, 0.5) is 0 Å². The Hall–Kier alpha value is -4.17. The van der Waals surface area contributed by atoms with Crippen LogP contribution in [-0.2, 0) is 21.0 Å². The number of ether oxygens (including phenoxy) is 1. The first-order chi connectivity index (χ1) is 18.1. The molecule has 0 aliphatic carbocycles. The Morgan fingerprint density at radius 1 is 1.03 bits per heavy atom. The molecule has 2 N–H and O–H groups in total. The molecule has 0 spiro atoms.